The van der Waals surface area contributed by atoms with Crippen molar-refractivity contribution < 1.29 is 0 Å². The SMILES string of the molecule is CC12C=C(c3ccccc3)C=CC1N(c1ccccc1)c1ccc(-c3ccccc3)cc1C21c2ccccc2Nc2ccccc21. The maximum atomic E-state index is 3.84. The number of rotatable bonds is 3. The van der Waals surface area contributed by atoms with Gasteiger partial charge >= 0.3 is 0 Å². The third-order valence-electron chi connectivity index (χ3n) is 10.5. The van der Waals surface area contributed by atoms with Gasteiger partial charge in [0.2, 0.25) is 0 Å². The molecule has 1 aliphatic carbocycles. The fraction of sp³-hybridized carbons (Fsp3) is 0.0909. The number of hydrogen-bond donors (Lipinski definition) is 1. The molecule has 0 saturated carbocycles. The predicted octanol–water partition coefficient (Wildman–Crippen LogP) is 10.9. The van der Waals surface area contributed by atoms with Crippen molar-refractivity contribution >= 4 is 28.3 Å². The molecule has 2 unspecified atom stereocenters. The summed E-state index contributed by atoms with van der Waals surface area (Å²) in [7, 11) is 0. The highest BCUT2D eigenvalue weighted by Gasteiger charge is 2.62. The van der Waals surface area contributed by atoms with Gasteiger partial charge in [0.1, 0.15) is 0 Å². The number of anilines is 4. The van der Waals surface area contributed by atoms with E-state index in [0.717, 1.165) is 11.4 Å². The standard InChI is InChI=1S/C44H34N2/c1-43-30-34(32-17-7-3-8-18-32)26-28-42(43)46(35-19-9-4-10-20-35)41-27-25-33(31-15-5-2-6-16-31)29-38(41)44(43)36-21-11-13-23-39(36)45-40-24-14-12-22-37(40)44/h2-30,42,45H,1H3. The van der Waals surface area contributed by atoms with Crippen LogP contribution in [0.4, 0.5) is 22.7 Å². The van der Waals surface area contributed by atoms with E-state index in [-0.39, 0.29) is 6.04 Å². The first-order valence-electron chi connectivity index (χ1n) is 16.2. The topological polar surface area (TPSA) is 15.3 Å². The van der Waals surface area contributed by atoms with Gasteiger partial charge < -0.3 is 10.2 Å². The van der Waals surface area contributed by atoms with Crippen molar-refractivity contribution in [2.75, 3.05) is 10.2 Å². The molecule has 2 atom stereocenters. The van der Waals surface area contributed by atoms with Crippen LogP contribution >= 0.6 is 0 Å². The normalized spacial score (nSPS) is 20.1. The van der Waals surface area contributed by atoms with E-state index in [0.29, 0.717) is 0 Å². The van der Waals surface area contributed by atoms with Gasteiger partial charge in [0.05, 0.1) is 11.5 Å². The lowest BCUT2D eigenvalue weighted by Crippen LogP contribution is -2.61. The average molecular weight is 591 g/mol. The minimum absolute atomic E-state index is 0.0386. The van der Waals surface area contributed by atoms with Gasteiger partial charge in [0.15, 0.2) is 0 Å². The molecule has 2 nitrogen and oxygen atoms in total. The van der Waals surface area contributed by atoms with E-state index in [2.05, 4.69) is 193 Å². The number of allylic oxidation sites excluding steroid dienone is 2. The Hall–Kier alpha value is -5.60. The largest absolute Gasteiger partial charge is 0.355 e. The van der Waals surface area contributed by atoms with Gasteiger partial charge in [-0.1, -0.05) is 146 Å². The molecule has 2 aliphatic heterocycles. The summed E-state index contributed by atoms with van der Waals surface area (Å²) in [4.78, 5) is 2.58. The summed E-state index contributed by atoms with van der Waals surface area (Å²) < 4.78 is 0. The van der Waals surface area contributed by atoms with Crippen LogP contribution in [0.2, 0.25) is 0 Å². The Morgan fingerprint density at radius 2 is 1.11 bits per heavy atom. The highest BCUT2D eigenvalue weighted by molar-refractivity contribution is 5.89. The number of nitrogens with zero attached hydrogens (tertiary/aromatic N) is 1. The van der Waals surface area contributed by atoms with Crippen LogP contribution in [0.1, 0.15) is 29.2 Å². The van der Waals surface area contributed by atoms with Crippen molar-refractivity contribution in [1.82, 2.24) is 0 Å². The maximum absolute atomic E-state index is 3.84. The zero-order valence-electron chi connectivity index (χ0n) is 25.8. The first-order chi connectivity index (χ1) is 22.7. The van der Waals surface area contributed by atoms with Crippen molar-refractivity contribution in [1.29, 1.82) is 0 Å². The number of hydrogen-bond acceptors (Lipinski definition) is 2. The van der Waals surface area contributed by atoms with Crippen LogP contribution in [0.5, 0.6) is 0 Å². The summed E-state index contributed by atoms with van der Waals surface area (Å²) in [5.74, 6) is 0. The first kappa shape index (κ1) is 26.8. The molecule has 2 heteroatoms. The van der Waals surface area contributed by atoms with Gasteiger partial charge in [0, 0.05) is 28.2 Å². The minimum atomic E-state index is -0.508. The molecule has 46 heavy (non-hydrogen) atoms. The van der Waals surface area contributed by atoms with Crippen LogP contribution < -0.4 is 10.2 Å². The van der Waals surface area contributed by atoms with Crippen molar-refractivity contribution in [2.24, 2.45) is 5.41 Å². The van der Waals surface area contributed by atoms with Crippen molar-refractivity contribution in [3.63, 3.8) is 0 Å². The Labute approximate surface area is 271 Å². The van der Waals surface area contributed by atoms with E-state index in [9.17, 15) is 0 Å². The Balaban J connectivity index is 1.46. The second-order valence-electron chi connectivity index (χ2n) is 12.8. The molecular formula is C44H34N2. The van der Waals surface area contributed by atoms with Crippen molar-refractivity contribution in [2.45, 2.75) is 18.4 Å². The molecule has 0 bridgehead atoms. The molecule has 0 radical (unpaired) electrons. The highest BCUT2D eigenvalue weighted by Crippen LogP contribution is 2.67. The van der Waals surface area contributed by atoms with E-state index >= 15 is 0 Å². The van der Waals surface area contributed by atoms with E-state index in [1.165, 1.54) is 50.3 Å². The zero-order valence-corrected chi connectivity index (χ0v) is 25.8. The molecule has 0 aromatic heterocycles. The number of para-hydroxylation sites is 3. The van der Waals surface area contributed by atoms with Crippen LogP contribution in [-0.2, 0) is 5.41 Å². The summed E-state index contributed by atoms with van der Waals surface area (Å²) in [6.07, 6.45) is 7.38. The van der Waals surface area contributed by atoms with Gasteiger partial charge in [-0.15, -0.1) is 0 Å². The smallest absolute Gasteiger partial charge is 0.0629 e. The zero-order chi connectivity index (χ0) is 30.7. The lowest BCUT2D eigenvalue weighted by atomic mass is 9.47. The van der Waals surface area contributed by atoms with Crippen molar-refractivity contribution in [3.05, 3.63) is 198 Å². The highest BCUT2D eigenvalue weighted by atomic mass is 15.2. The lowest BCUT2D eigenvalue weighted by molar-refractivity contribution is 0.241. The molecule has 220 valence electrons. The van der Waals surface area contributed by atoms with Gasteiger partial charge in [0.25, 0.3) is 0 Å². The van der Waals surface area contributed by atoms with E-state index in [1.54, 1.807) is 0 Å². The maximum Gasteiger partial charge on any atom is 0.0629 e. The molecule has 2 heterocycles. The van der Waals surface area contributed by atoms with Crippen molar-refractivity contribution in [3.8, 4) is 11.1 Å². The predicted molar refractivity (Wildman–Crippen MR) is 192 cm³/mol. The quantitative estimate of drug-likeness (QED) is 0.221. The fourth-order valence-corrected chi connectivity index (χ4v) is 8.53. The van der Waals surface area contributed by atoms with Crippen LogP contribution in [-0.4, -0.2) is 6.04 Å². The molecule has 1 spiro atoms. The Morgan fingerprint density at radius 1 is 0.543 bits per heavy atom. The van der Waals surface area contributed by atoms with Gasteiger partial charge in [-0.3, -0.25) is 0 Å². The van der Waals surface area contributed by atoms with Crippen LogP contribution in [0, 0.1) is 5.41 Å². The molecule has 0 saturated heterocycles. The number of benzene rings is 6. The van der Waals surface area contributed by atoms with E-state index in [4.69, 9.17) is 0 Å². The second-order valence-corrected chi connectivity index (χ2v) is 12.8. The second kappa shape index (κ2) is 10.2. The Bertz CT molecular complexity index is 2100. The fourth-order valence-electron chi connectivity index (χ4n) is 8.53. The number of nitrogens with one attached hydrogen (secondary N) is 1. The molecule has 3 aliphatic rings. The molecule has 0 amide bonds. The van der Waals surface area contributed by atoms with Crippen LogP contribution in [0.15, 0.2) is 176 Å². The Morgan fingerprint density at radius 3 is 1.76 bits per heavy atom. The summed E-state index contributed by atoms with van der Waals surface area (Å²) in [6, 6.07) is 57.7. The number of fused-ring (bicyclic) bond motifs is 8. The van der Waals surface area contributed by atoms with E-state index < -0.39 is 10.8 Å². The van der Waals surface area contributed by atoms with Gasteiger partial charge in [-0.25, -0.2) is 0 Å². The first-order valence-corrected chi connectivity index (χ1v) is 16.2. The molecule has 6 aromatic carbocycles. The van der Waals surface area contributed by atoms with E-state index in [1.807, 2.05) is 0 Å². The molecule has 9 rings (SSSR count). The lowest BCUT2D eigenvalue weighted by Gasteiger charge is -2.62. The molecule has 6 aromatic rings. The summed E-state index contributed by atoms with van der Waals surface area (Å²) >= 11 is 0. The summed E-state index contributed by atoms with van der Waals surface area (Å²) in [5, 5.41) is 3.84. The Kier molecular flexibility index (Phi) is 5.95. The summed E-state index contributed by atoms with van der Waals surface area (Å²) in [6.45, 7) is 2.50. The molecular weight excluding hydrogens is 556 g/mol. The van der Waals surface area contributed by atoms with Crippen LogP contribution in [0.25, 0.3) is 16.7 Å². The summed E-state index contributed by atoms with van der Waals surface area (Å²) in [5.41, 5.74) is 12.7. The third-order valence-corrected chi connectivity index (χ3v) is 10.5. The molecule has 0 fully saturated rings. The van der Waals surface area contributed by atoms with Gasteiger partial charge in [-0.2, -0.15) is 0 Å². The van der Waals surface area contributed by atoms with Gasteiger partial charge in [-0.05, 0) is 75.4 Å². The average Bonchev–Trinajstić information content (AvgIpc) is 3.12. The van der Waals surface area contributed by atoms with Crippen LogP contribution in [0.3, 0.4) is 0 Å². The monoisotopic (exact) mass is 590 g/mol. The molecule has 1 N–H and O–H groups in total. The minimum Gasteiger partial charge on any atom is -0.355 e. The third kappa shape index (κ3) is 3.71.